The van der Waals surface area contributed by atoms with Crippen LogP contribution < -0.4 is 34.7 Å². The van der Waals surface area contributed by atoms with Gasteiger partial charge in [-0.3, -0.25) is 9.59 Å². The minimum absolute atomic E-state index is 0. The predicted molar refractivity (Wildman–Crippen MR) is 111 cm³/mol. The molecule has 0 aromatic heterocycles. The average Bonchev–Trinajstić information content (AvgIpc) is 3.20. The maximum Gasteiger partial charge on any atom is 1.00 e. The first-order chi connectivity index (χ1) is 15.0. The third kappa shape index (κ3) is 3.33. The summed E-state index contributed by atoms with van der Waals surface area (Å²) >= 11 is 0. The van der Waals surface area contributed by atoms with Crippen molar-refractivity contribution in [3.8, 4) is 11.1 Å². The van der Waals surface area contributed by atoms with Crippen molar-refractivity contribution in [2.75, 3.05) is 6.26 Å². The molecule has 0 spiro atoms. The predicted octanol–water partition coefficient (Wildman–Crippen LogP) is -2.62. The third-order valence-corrected chi connectivity index (χ3v) is 7.58. The molecular formula is C23H18NNaO7S. The van der Waals surface area contributed by atoms with E-state index < -0.39 is 45.6 Å². The average molecular weight is 475 g/mol. The molecule has 2 aliphatic heterocycles. The summed E-state index contributed by atoms with van der Waals surface area (Å²) in [4.78, 5) is 38.4. The molecule has 1 aliphatic carbocycles. The van der Waals surface area contributed by atoms with Crippen molar-refractivity contribution in [1.29, 1.82) is 0 Å². The Bertz CT molecular complexity index is 1390. The van der Waals surface area contributed by atoms with Crippen LogP contribution in [0.25, 0.3) is 16.7 Å². The Balaban J connectivity index is 0.00000259. The number of aliphatic hydroxyl groups excluding tert-OH is 1. The van der Waals surface area contributed by atoms with Gasteiger partial charge in [0.25, 0.3) is 0 Å². The van der Waals surface area contributed by atoms with E-state index in [4.69, 9.17) is 0 Å². The smallest absolute Gasteiger partial charge is 0.543 e. The number of nitrogens with zero attached hydrogens (tertiary/aromatic N) is 1. The largest absolute Gasteiger partial charge is 1.00 e. The molecule has 2 heterocycles. The molecule has 2 aromatic rings. The fraction of sp³-hybridized carbons (Fsp3) is 0.261. The number of benzene rings is 2. The molecule has 1 N–H and O–H groups in total. The van der Waals surface area contributed by atoms with E-state index in [9.17, 15) is 33.0 Å². The van der Waals surface area contributed by atoms with E-state index in [0.717, 1.165) is 11.2 Å². The molecule has 0 radical (unpaired) electrons. The number of carboxylic acids is 1. The summed E-state index contributed by atoms with van der Waals surface area (Å²) in [5, 5.41) is 21.9. The van der Waals surface area contributed by atoms with E-state index >= 15 is 0 Å². The number of fused-ring (bicyclic) bond motifs is 4. The number of hydrogen-bond donors (Lipinski definition) is 1. The Hall–Kier alpha value is -2.30. The Morgan fingerprint density at radius 1 is 1.15 bits per heavy atom. The van der Waals surface area contributed by atoms with Gasteiger partial charge in [-0.2, -0.15) is 0 Å². The van der Waals surface area contributed by atoms with Crippen molar-refractivity contribution in [3.63, 3.8) is 0 Å². The Morgan fingerprint density at radius 3 is 2.36 bits per heavy atom. The van der Waals surface area contributed by atoms with Crippen LogP contribution in [0, 0.1) is 5.92 Å². The molecule has 10 heteroatoms. The summed E-state index contributed by atoms with van der Waals surface area (Å²) < 4.78 is 25.2. The summed E-state index contributed by atoms with van der Waals surface area (Å²) in [6.07, 6.45) is 0.163. The monoisotopic (exact) mass is 475 g/mol. The van der Waals surface area contributed by atoms with Gasteiger partial charge in [0.2, 0.25) is 5.91 Å². The van der Waals surface area contributed by atoms with Gasteiger partial charge in [0.15, 0.2) is 15.6 Å². The summed E-state index contributed by atoms with van der Waals surface area (Å²) in [5.74, 6) is -3.22. The summed E-state index contributed by atoms with van der Waals surface area (Å²) in [6.45, 7) is 1.47. The zero-order chi connectivity index (χ0) is 23.1. The minimum Gasteiger partial charge on any atom is -0.543 e. The van der Waals surface area contributed by atoms with Crippen LogP contribution >= 0.6 is 0 Å². The second-order valence-electron chi connectivity index (χ2n) is 8.40. The van der Waals surface area contributed by atoms with Crippen LogP contribution in [0.4, 0.5) is 0 Å². The Morgan fingerprint density at radius 2 is 1.79 bits per heavy atom. The van der Waals surface area contributed by atoms with Crippen LogP contribution in [-0.4, -0.2) is 54.5 Å². The molecule has 1 fully saturated rings. The molecule has 0 saturated carbocycles. The molecule has 3 atom stereocenters. The quantitative estimate of drug-likeness (QED) is 0.323. The second-order valence-corrected chi connectivity index (χ2v) is 10.4. The van der Waals surface area contributed by atoms with Gasteiger partial charge in [0.05, 0.1) is 34.6 Å². The number of aliphatic carboxylic acids is 1. The van der Waals surface area contributed by atoms with Gasteiger partial charge in [-0.15, -0.1) is 0 Å². The summed E-state index contributed by atoms with van der Waals surface area (Å²) in [6, 6.07) is 9.08. The molecule has 3 aliphatic rings. The first-order valence-corrected chi connectivity index (χ1v) is 11.9. The normalized spacial score (nSPS) is 21.7. The van der Waals surface area contributed by atoms with Crippen molar-refractivity contribution in [2.45, 2.75) is 30.4 Å². The summed E-state index contributed by atoms with van der Waals surface area (Å²) in [7, 11) is -3.84. The first-order valence-electron chi connectivity index (χ1n) is 10.0. The molecule has 5 rings (SSSR count). The maximum absolute atomic E-state index is 13.0. The number of amides is 1. The number of carbonyl (C=O) groups excluding carboxylic acids is 3. The maximum atomic E-state index is 13.0. The van der Waals surface area contributed by atoms with Gasteiger partial charge in [0, 0.05) is 17.4 Å². The number of carbonyl (C=O) groups is 3. The van der Waals surface area contributed by atoms with Crippen LogP contribution in [0.3, 0.4) is 0 Å². The van der Waals surface area contributed by atoms with Crippen LogP contribution in [-0.2, 0) is 19.4 Å². The number of rotatable bonds is 4. The molecular weight excluding hydrogens is 457 g/mol. The van der Waals surface area contributed by atoms with Gasteiger partial charge in [-0.05, 0) is 47.7 Å². The third-order valence-electron chi connectivity index (χ3n) is 6.46. The molecule has 0 unspecified atom stereocenters. The molecule has 164 valence electrons. The van der Waals surface area contributed by atoms with Crippen molar-refractivity contribution >= 4 is 33.1 Å². The summed E-state index contributed by atoms with van der Waals surface area (Å²) in [5.41, 5.74) is 1.62. The fourth-order valence-corrected chi connectivity index (χ4v) is 6.01. The van der Waals surface area contributed by atoms with Crippen LogP contribution in [0.15, 0.2) is 47.0 Å². The number of β-lactam (4-membered cyclic amide) rings is 1. The van der Waals surface area contributed by atoms with E-state index in [1.165, 1.54) is 13.0 Å². The van der Waals surface area contributed by atoms with E-state index in [1.54, 1.807) is 30.3 Å². The van der Waals surface area contributed by atoms with E-state index in [1.807, 2.05) is 0 Å². The van der Waals surface area contributed by atoms with Crippen molar-refractivity contribution in [1.82, 2.24) is 4.90 Å². The van der Waals surface area contributed by atoms with Gasteiger partial charge in [0.1, 0.15) is 0 Å². The van der Waals surface area contributed by atoms with Gasteiger partial charge >= 0.3 is 29.6 Å². The van der Waals surface area contributed by atoms with Crippen LogP contribution in [0.1, 0.15) is 34.8 Å². The van der Waals surface area contributed by atoms with Crippen molar-refractivity contribution < 1.29 is 62.6 Å². The topological polar surface area (TPSA) is 132 Å². The molecule has 8 nitrogen and oxygen atoms in total. The molecule has 2 aromatic carbocycles. The zero-order valence-corrected chi connectivity index (χ0v) is 21.0. The standard InChI is InChI=1S/C23H19NO7S.Na/c1-10(25)18-16-9-14(20(23(28)29)24(16)22(18)27)11-7-15-12-5-3-4-6-13(12)21(26)19(15)17(8-11)32(2,30)31;/h3-8,10,16,18,25H,9H2,1-2H3,(H,28,29);/q;+1/p-1/t10-,16-,18-;/m1./s1. The number of hydrogen-bond acceptors (Lipinski definition) is 7. The Kier molecular flexibility index (Phi) is 5.70. The van der Waals surface area contributed by atoms with Gasteiger partial charge < -0.3 is 19.9 Å². The number of carboxylic acid groups (broad SMARTS) is 1. The SMILES string of the molecule is C[C@@H](O)[C@H]1C(=O)N2C(C(=O)[O-])=C(c3cc4c(c(S(C)(=O)=O)c3)C(=O)c3ccccc3-4)C[C@H]12.[Na+]. The molecule has 0 bridgehead atoms. The molecule has 1 amide bonds. The van der Waals surface area contributed by atoms with Crippen molar-refractivity contribution in [2.24, 2.45) is 5.92 Å². The van der Waals surface area contributed by atoms with Gasteiger partial charge in [-0.1, -0.05) is 24.3 Å². The van der Waals surface area contributed by atoms with E-state index in [2.05, 4.69) is 0 Å². The minimum atomic E-state index is -3.84. The van der Waals surface area contributed by atoms with Crippen LogP contribution in [0.2, 0.25) is 0 Å². The number of ketones is 1. The molecule has 1 saturated heterocycles. The number of aliphatic hydroxyl groups is 1. The second kappa shape index (κ2) is 7.89. The first kappa shape index (κ1) is 23.8. The van der Waals surface area contributed by atoms with E-state index in [-0.39, 0.29) is 57.7 Å². The Labute approximate surface area is 212 Å². The van der Waals surface area contributed by atoms with Crippen LogP contribution in [0.5, 0.6) is 0 Å². The zero-order valence-electron chi connectivity index (χ0n) is 18.2. The molecule has 33 heavy (non-hydrogen) atoms. The fourth-order valence-electron chi connectivity index (χ4n) is 5.10. The number of sulfone groups is 1. The van der Waals surface area contributed by atoms with E-state index in [0.29, 0.717) is 22.3 Å². The van der Waals surface area contributed by atoms with Crippen molar-refractivity contribution in [3.05, 3.63) is 58.8 Å². The van der Waals surface area contributed by atoms with Gasteiger partial charge in [-0.25, -0.2) is 8.42 Å².